The third-order valence-corrected chi connectivity index (χ3v) is 12.3. The summed E-state index contributed by atoms with van der Waals surface area (Å²) in [6, 6.07) is 0. The van der Waals surface area contributed by atoms with E-state index < -0.39 is 0 Å². The Morgan fingerprint density at radius 1 is 0.371 bits per heavy atom. The highest BCUT2D eigenvalue weighted by molar-refractivity contribution is 5.77. The molecule has 0 bridgehead atoms. The van der Waals surface area contributed by atoms with Gasteiger partial charge >= 0.3 is 5.97 Å². The van der Waals surface area contributed by atoms with E-state index in [1.807, 2.05) is 0 Å². The summed E-state index contributed by atoms with van der Waals surface area (Å²) in [6.45, 7) is 8.18. The van der Waals surface area contributed by atoms with E-state index in [4.69, 9.17) is 4.74 Å². The fraction of sp³-hybridized carbons (Fsp3) is 0.780. The quantitative estimate of drug-likeness (QED) is 0.0347. The zero-order chi connectivity index (χ0) is 45.1. The number of carbonyl (C=O) groups excluding carboxylic acids is 1. The normalized spacial score (nSPS) is 13.5. The van der Waals surface area contributed by atoms with Crippen LogP contribution in [-0.2, 0) is 9.53 Å². The van der Waals surface area contributed by atoms with Gasteiger partial charge in [0.25, 0.3) is 0 Å². The molecule has 360 valence electrons. The van der Waals surface area contributed by atoms with E-state index in [-0.39, 0.29) is 11.4 Å². The summed E-state index contributed by atoms with van der Waals surface area (Å²) in [4.78, 5) is 16.3. The van der Waals surface area contributed by atoms with Crippen LogP contribution in [0, 0.1) is 5.41 Å². The van der Waals surface area contributed by atoms with Crippen molar-refractivity contribution in [2.45, 2.75) is 265 Å². The molecular weight excluding hydrogens is 755 g/mol. The molecular formula is C59H107NO2. The third-order valence-electron chi connectivity index (χ3n) is 12.3. The van der Waals surface area contributed by atoms with E-state index in [0.717, 1.165) is 64.3 Å². The lowest BCUT2D eigenvalue weighted by molar-refractivity contribution is -0.158. The van der Waals surface area contributed by atoms with Gasteiger partial charge in [0.05, 0.1) is 12.0 Å². The maximum atomic E-state index is 14.1. The lowest BCUT2D eigenvalue weighted by atomic mass is 9.77. The van der Waals surface area contributed by atoms with E-state index in [9.17, 15) is 4.79 Å². The van der Waals surface area contributed by atoms with Crippen LogP contribution in [0.25, 0.3) is 0 Å². The van der Waals surface area contributed by atoms with Crippen molar-refractivity contribution >= 4 is 5.97 Å². The SMILES string of the molecule is CCCCCC=CCC=CCCCCCCCCC(CCCCCCCC/C=C\C/C=C\CCCCC)(CN(C)C)C(=O)OCCCCCCCC/C=C\C/C=C\CCCCC. The first kappa shape index (κ1) is 59.9. The van der Waals surface area contributed by atoms with Crippen molar-refractivity contribution in [1.82, 2.24) is 4.90 Å². The molecule has 0 aromatic heterocycles. The number of hydrogen-bond donors (Lipinski definition) is 0. The Bertz CT molecular complexity index is 1050. The predicted molar refractivity (Wildman–Crippen MR) is 279 cm³/mol. The van der Waals surface area contributed by atoms with Gasteiger partial charge in [-0.1, -0.05) is 222 Å². The molecule has 0 radical (unpaired) electrons. The third kappa shape index (κ3) is 43.1. The standard InChI is InChI=1S/C59H107NO2/c1-6-9-12-15-18-21-24-27-30-33-36-39-42-45-48-51-54-59(57-60(4)5,55-52-49-46-43-40-37-34-31-28-25-22-19-16-13-10-7-2)58(61)62-56-53-50-47-44-41-38-35-32-29-26-23-20-17-14-11-8-3/h18-23,27-32H,6-17,24-26,33-57H2,1-5H3/b21-18-,22-19?,23-20-,30-27-,31-28?,32-29-. The summed E-state index contributed by atoms with van der Waals surface area (Å²) < 4.78 is 6.18. The van der Waals surface area contributed by atoms with Gasteiger partial charge in [0, 0.05) is 6.54 Å². The Morgan fingerprint density at radius 2 is 0.645 bits per heavy atom. The van der Waals surface area contributed by atoms with Crippen LogP contribution in [0.4, 0.5) is 0 Å². The molecule has 0 saturated carbocycles. The van der Waals surface area contributed by atoms with Gasteiger partial charge in [0.15, 0.2) is 0 Å². The van der Waals surface area contributed by atoms with Crippen LogP contribution in [0.3, 0.4) is 0 Å². The molecule has 0 fully saturated rings. The number of esters is 1. The number of carbonyl (C=O) groups is 1. The second-order valence-electron chi connectivity index (χ2n) is 18.9. The number of allylic oxidation sites excluding steroid dienone is 12. The van der Waals surface area contributed by atoms with Gasteiger partial charge in [-0.15, -0.1) is 0 Å². The smallest absolute Gasteiger partial charge is 0.313 e. The molecule has 0 spiro atoms. The molecule has 0 aliphatic carbocycles. The highest BCUT2D eigenvalue weighted by Gasteiger charge is 2.39. The molecule has 1 atom stereocenters. The van der Waals surface area contributed by atoms with Crippen molar-refractivity contribution in [1.29, 1.82) is 0 Å². The first-order valence-corrected chi connectivity index (χ1v) is 27.2. The van der Waals surface area contributed by atoms with Gasteiger partial charge in [-0.2, -0.15) is 0 Å². The zero-order valence-electron chi connectivity index (χ0n) is 42.5. The Balaban J connectivity index is 4.72. The molecule has 0 N–H and O–H groups in total. The molecule has 0 amide bonds. The van der Waals surface area contributed by atoms with Crippen molar-refractivity contribution < 1.29 is 9.53 Å². The minimum Gasteiger partial charge on any atom is -0.465 e. The minimum atomic E-state index is -0.383. The van der Waals surface area contributed by atoms with E-state index in [1.165, 1.54) is 186 Å². The van der Waals surface area contributed by atoms with Crippen molar-refractivity contribution in [3.8, 4) is 0 Å². The molecule has 0 heterocycles. The average Bonchev–Trinajstić information content (AvgIpc) is 3.26. The first-order valence-electron chi connectivity index (χ1n) is 27.2. The molecule has 3 nitrogen and oxygen atoms in total. The lowest BCUT2D eigenvalue weighted by Crippen LogP contribution is -2.42. The van der Waals surface area contributed by atoms with Crippen molar-refractivity contribution in [3.63, 3.8) is 0 Å². The summed E-state index contributed by atoms with van der Waals surface area (Å²) in [7, 11) is 4.28. The highest BCUT2D eigenvalue weighted by Crippen LogP contribution is 2.35. The zero-order valence-corrected chi connectivity index (χ0v) is 42.5. The monoisotopic (exact) mass is 862 g/mol. The van der Waals surface area contributed by atoms with Crippen LogP contribution in [0.2, 0.25) is 0 Å². The molecule has 0 aliphatic rings. The van der Waals surface area contributed by atoms with Gasteiger partial charge in [0.1, 0.15) is 0 Å². The number of rotatable bonds is 48. The summed E-state index contributed by atoms with van der Waals surface area (Å²) in [5, 5.41) is 0. The topological polar surface area (TPSA) is 29.5 Å². The molecule has 0 saturated heterocycles. The van der Waals surface area contributed by atoms with Crippen molar-refractivity contribution in [2.24, 2.45) is 5.41 Å². The van der Waals surface area contributed by atoms with Gasteiger partial charge in [-0.3, -0.25) is 4.79 Å². The molecule has 0 aliphatic heterocycles. The maximum absolute atomic E-state index is 14.1. The summed E-state index contributed by atoms with van der Waals surface area (Å²) in [6.07, 6.45) is 74.8. The van der Waals surface area contributed by atoms with E-state index in [0.29, 0.717) is 6.61 Å². The largest absolute Gasteiger partial charge is 0.465 e. The summed E-state index contributed by atoms with van der Waals surface area (Å²) >= 11 is 0. The Hall–Kier alpha value is -2.13. The lowest BCUT2D eigenvalue weighted by Gasteiger charge is -2.34. The van der Waals surface area contributed by atoms with Gasteiger partial charge in [-0.25, -0.2) is 0 Å². The van der Waals surface area contributed by atoms with Crippen LogP contribution in [0.15, 0.2) is 72.9 Å². The number of hydrogen-bond acceptors (Lipinski definition) is 3. The van der Waals surface area contributed by atoms with Crippen molar-refractivity contribution in [3.05, 3.63) is 72.9 Å². The molecule has 0 aromatic rings. The minimum absolute atomic E-state index is 0.0824. The van der Waals surface area contributed by atoms with Crippen molar-refractivity contribution in [2.75, 3.05) is 27.2 Å². The molecule has 0 aromatic carbocycles. The molecule has 1 unspecified atom stereocenters. The molecule has 0 rings (SSSR count). The molecule has 62 heavy (non-hydrogen) atoms. The van der Waals surface area contributed by atoms with E-state index in [1.54, 1.807) is 0 Å². The summed E-state index contributed by atoms with van der Waals surface area (Å²) in [5.41, 5.74) is -0.383. The van der Waals surface area contributed by atoms with Crippen LogP contribution in [0.5, 0.6) is 0 Å². The Kier molecular flexibility index (Phi) is 48.2. The van der Waals surface area contributed by atoms with E-state index >= 15 is 0 Å². The summed E-state index contributed by atoms with van der Waals surface area (Å²) in [5.74, 6) is 0.0824. The molecule has 3 heteroatoms. The Morgan fingerprint density at radius 3 is 0.952 bits per heavy atom. The van der Waals surface area contributed by atoms with Gasteiger partial charge in [-0.05, 0) is 130 Å². The number of nitrogens with zero attached hydrogens (tertiary/aromatic N) is 1. The van der Waals surface area contributed by atoms with Gasteiger partial charge in [0.2, 0.25) is 0 Å². The number of unbranched alkanes of at least 4 members (excludes halogenated alkanes) is 27. The maximum Gasteiger partial charge on any atom is 0.313 e. The van der Waals surface area contributed by atoms with E-state index in [2.05, 4.69) is 113 Å². The fourth-order valence-electron chi connectivity index (χ4n) is 8.47. The first-order chi connectivity index (χ1) is 30.5. The van der Waals surface area contributed by atoms with Crippen LogP contribution in [-0.4, -0.2) is 38.1 Å². The fourth-order valence-corrected chi connectivity index (χ4v) is 8.47. The highest BCUT2D eigenvalue weighted by atomic mass is 16.5. The average molecular weight is 863 g/mol. The van der Waals surface area contributed by atoms with Gasteiger partial charge < -0.3 is 9.64 Å². The van der Waals surface area contributed by atoms with Crippen LogP contribution < -0.4 is 0 Å². The second kappa shape index (κ2) is 49.9. The number of ether oxygens (including phenoxy) is 1. The Labute approximate surface area is 389 Å². The van der Waals surface area contributed by atoms with Crippen LogP contribution >= 0.6 is 0 Å². The second-order valence-corrected chi connectivity index (χ2v) is 18.9. The predicted octanol–water partition coefficient (Wildman–Crippen LogP) is 19.3. The van der Waals surface area contributed by atoms with Crippen LogP contribution in [0.1, 0.15) is 265 Å².